The van der Waals surface area contributed by atoms with Gasteiger partial charge in [0.25, 0.3) is 0 Å². The molecule has 0 saturated carbocycles. The van der Waals surface area contributed by atoms with E-state index in [1.807, 2.05) is 13.8 Å². The lowest BCUT2D eigenvalue weighted by molar-refractivity contribution is -0.162. The average molecular weight is 312 g/mol. The second-order valence-corrected chi connectivity index (χ2v) is 5.59. The number of carbonyl (C=O) groups is 3. The molecule has 1 aliphatic heterocycles. The van der Waals surface area contributed by atoms with E-state index in [1.54, 1.807) is 0 Å². The van der Waals surface area contributed by atoms with Crippen LogP contribution in [0.4, 0.5) is 0 Å². The minimum Gasteiger partial charge on any atom is -0.469 e. The Hall–Kier alpha value is -1.85. The monoisotopic (exact) mass is 312 g/mol. The van der Waals surface area contributed by atoms with Crippen LogP contribution >= 0.6 is 0 Å². The molecule has 124 valence electrons. The van der Waals surface area contributed by atoms with Crippen molar-refractivity contribution >= 4 is 17.9 Å². The van der Waals surface area contributed by atoms with E-state index in [1.165, 1.54) is 14.0 Å². The fourth-order valence-electron chi connectivity index (χ4n) is 2.92. The molecule has 0 bridgehead atoms. The van der Waals surface area contributed by atoms with E-state index in [4.69, 9.17) is 14.2 Å². The van der Waals surface area contributed by atoms with Crippen LogP contribution in [0.3, 0.4) is 0 Å². The molecule has 0 aromatic carbocycles. The Kier molecular flexibility index (Phi) is 6.14. The Balaban J connectivity index is 3.19. The summed E-state index contributed by atoms with van der Waals surface area (Å²) in [5.41, 5.74) is -0.826. The Morgan fingerprint density at radius 1 is 1.27 bits per heavy atom. The number of cyclic esters (lactones) is 1. The van der Waals surface area contributed by atoms with Crippen molar-refractivity contribution in [2.75, 3.05) is 7.11 Å². The molecular formula is C16H24O6. The smallest absolute Gasteiger partial charge is 0.349 e. The molecule has 22 heavy (non-hydrogen) atoms. The molecule has 1 heterocycles. The first-order valence-corrected chi connectivity index (χ1v) is 7.50. The molecule has 0 aromatic heterocycles. The molecule has 0 spiro atoms. The van der Waals surface area contributed by atoms with Gasteiger partial charge in [-0.2, -0.15) is 0 Å². The van der Waals surface area contributed by atoms with Gasteiger partial charge in [0.1, 0.15) is 11.5 Å². The lowest BCUT2D eigenvalue weighted by Crippen LogP contribution is -2.45. The Morgan fingerprint density at radius 3 is 2.23 bits per heavy atom. The zero-order valence-corrected chi connectivity index (χ0v) is 13.6. The SMILES string of the molecule is C=C(C)C(=O)OC1C(=O)OC(CCC)(CCC)C1C(=O)OC. The highest BCUT2D eigenvalue weighted by atomic mass is 16.6. The van der Waals surface area contributed by atoms with Gasteiger partial charge in [-0.1, -0.05) is 33.3 Å². The van der Waals surface area contributed by atoms with Crippen LogP contribution in [0.5, 0.6) is 0 Å². The number of hydrogen-bond donors (Lipinski definition) is 0. The van der Waals surface area contributed by atoms with E-state index in [9.17, 15) is 14.4 Å². The first-order valence-electron chi connectivity index (χ1n) is 7.50. The molecule has 6 heteroatoms. The molecule has 2 unspecified atom stereocenters. The lowest BCUT2D eigenvalue weighted by Gasteiger charge is -2.32. The highest BCUT2D eigenvalue weighted by molar-refractivity contribution is 5.93. The molecule has 0 radical (unpaired) electrons. The zero-order chi connectivity index (χ0) is 16.9. The van der Waals surface area contributed by atoms with E-state index < -0.39 is 35.5 Å². The number of carbonyl (C=O) groups excluding carboxylic acids is 3. The largest absolute Gasteiger partial charge is 0.469 e. The van der Waals surface area contributed by atoms with Crippen molar-refractivity contribution in [3.8, 4) is 0 Å². The van der Waals surface area contributed by atoms with E-state index in [0.717, 1.165) is 12.8 Å². The molecule has 2 atom stereocenters. The first-order chi connectivity index (χ1) is 10.3. The maximum absolute atomic E-state index is 12.2. The van der Waals surface area contributed by atoms with Gasteiger partial charge >= 0.3 is 17.9 Å². The molecular weight excluding hydrogens is 288 g/mol. The number of esters is 3. The summed E-state index contributed by atoms with van der Waals surface area (Å²) >= 11 is 0. The van der Waals surface area contributed by atoms with Crippen LogP contribution < -0.4 is 0 Å². The van der Waals surface area contributed by atoms with E-state index in [-0.39, 0.29) is 5.57 Å². The quantitative estimate of drug-likeness (QED) is 0.407. The Bertz CT molecular complexity index is 461. The number of methoxy groups -OCH3 is 1. The van der Waals surface area contributed by atoms with Crippen LogP contribution in [-0.4, -0.2) is 36.7 Å². The van der Waals surface area contributed by atoms with Crippen LogP contribution in [0.15, 0.2) is 12.2 Å². The van der Waals surface area contributed by atoms with Crippen LogP contribution in [-0.2, 0) is 28.6 Å². The molecule has 6 nitrogen and oxygen atoms in total. The minimum absolute atomic E-state index is 0.153. The van der Waals surface area contributed by atoms with Gasteiger partial charge in [-0.15, -0.1) is 0 Å². The number of hydrogen-bond acceptors (Lipinski definition) is 6. The fraction of sp³-hybridized carbons (Fsp3) is 0.688. The minimum atomic E-state index is -1.28. The summed E-state index contributed by atoms with van der Waals surface area (Å²) in [6.45, 7) is 8.83. The van der Waals surface area contributed by atoms with Crippen molar-refractivity contribution in [1.29, 1.82) is 0 Å². The second kappa shape index (κ2) is 7.42. The van der Waals surface area contributed by atoms with Crippen molar-refractivity contribution in [2.24, 2.45) is 5.92 Å². The van der Waals surface area contributed by atoms with Gasteiger partial charge in [0.15, 0.2) is 0 Å². The molecule has 0 N–H and O–H groups in total. The molecule has 0 aliphatic carbocycles. The summed E-state index contributed by atoms with van der Waals surface area (Å²) in [7, 11) is 1.24. The van der Waals surface area contributed by atoms with Gasteiger partial charge in [0.2, 0.25) is 6.10 Å². The highest BCUT2D eigenvalue weighted by Gasteiger charge is 2.60. The van der Waals surface area contributed by atoms with Crippen molar-refractivity contribution in [3.05, 3.63) is 12.2 Å². The van der Waals surface area contributed by atoms with Gasteiger partial charge in [-0.3, -0.25) is 4.79 Å². The Labute approximate surface area is 130 Å². The Morgan fingerprint density at radius 2 is 1.82 bits per heavy atom. The summed E-state index contributed by atoms with van der Waals surface area (Å²) in [6, 6.07) is 0. The van der Waals surface area contributed by atoms with Crippen molar-refractivity contribution in [3.63, 3.8) is 0 Å². The summed E-state index contributed by atoms with van der Waals surface area (Å²) in [5.74, 6) is -2.98. The standard InChI is InChI=1S/C16H24O6/c1-6-8-16(9-7-2)11(14(18)20-5)12(15(19)22-16)21-13(17)10(3)4/h11-12H,3,6-9H2,1-2,4-5H3. The average Bonchev–Trinajstić information content (AvgIpc) is 2.71. The molecule has 1 aliphatic rings. The maximum Gasteiger partial charge on any atom is 0.349 e. The van der Waals surface area contributed by atoms with Gasteiger partial charge < -0.3 is 14.2 Å². The van der Waals surface area contributed by atoms with Crippen LogP contribution in [0.25, 0.3) is 0 Å². The van der Waals surface area contributed by atoms with Crippen LogP contribution in [0, 0.1) is 5.92 Å². The normalized spacial score (nSPS) is 22.8. The highest BCUT2D eigenvalue weighted by Crippen LogP contribution is 2.42. The molecule has 1 rings (SSSR count). The fourth-order valence-corrected chi connectivity index (χ4v) is 2.92. The van der Waals surface area contributed by atoms with Gasteiger partial charge in [0.05, 0.1) is 7.11 Å². The summed E-state index contributed by atoms with van der Waals surface area (Å²) in [4.78, 5) is 36.2. The van der Waals surface area contributed by atoms with Gasteiger partial charge in [0, 0.05) is 5.57 Å². The third-order valence-corrected chi connectivity index (χ3v) is 3.79. The zero-order valence-electron chi connectivity index (χ0n) is 13.6. The van der Waals surface area contributed by atoms with Crippen LogP contribution in [0.1, 0.15) is 46.5 Å². The molecule has 1 saturated heterocycles. The van der Waals surface area contributed by atoms with E-state index in [0.29, 0.717) is 12.8 Å². The maximum atomic E-state index is 12.2. The summed E-state index contributed by atoms with van der Waals surface area (Å²) in [6.07, 6.45) is 1.18. The van der Waals surface area contributed by atoms with Gasteiger partial charge in [-0.05, 0) is 19.8 Å². The third-order valence-electron chi connectivity index (χ3n) is 3.79. The van der Waals surface area contributed by atoms with Gasteiger partial charge in [-0.25, -0.2) is 9.59 Å². The first kappa shape index (κ1) is 18.2. The van der Waals surface area contributed by atoms with Crippen molar-refractivity contribution in [2.45, 2.75) is 58.2 Å². The van der Waals surface area contributed by atoms with E-state index >= 15 is 0 Å². The predicted molar refractivity (Wildman–Crippen MR) is 78.8 cm³/mol. The summed E-state index contributed by atoms with van der Waals surface area (Å²) in [5, 5.41) is 0. The molecule has 0 aromatic rings. The van der Waals surface area contributed by atoms with Crippen molar-refractivity contribution in [1.82, 2.24) is 0 Å². The number of ether oxygens (including phenoxy) is 3. The second-order valence-electron chi connectivity index (χ2n) is 5.59. The number of rotatable bonds is 7. The summed E-state index contributed by atoms with van der Waals surface area (Å²) < 4.78 is 15.5. The molecule has 1 fully saturated rings. The lowest BCUT2D eigenvalue weighted by atomic mass is 9.79. The van der Waals surface area contributed by atoms with Crippen molar-refractivity contribution < 1.29 is 28.6 Å². The van der Waals surface area contributed by atoms with Crippen LogP contribution in [0.2, 0.25) is 0 Å². The van der Waals surface area contributed by atoms with E-state index in [2.05, 4.69) is 6.58 Å². The topological polar surface area (TPSA) is 78.9 Å². The predicted octanol–water partition coefficient (Wildman–Crippen LogP) is 2.16. The third kappa shape index (κ3) is 3.48. The molecule has 0 amide bonds.